The van der Waals surface area contributed by atoms with Gasteiger partial charge in [0.25, 0.3) is 0 Å². The number of sulfonamides is 1. The lowest BCUT2D eigenvalue weighted by Crippen LogP contribution is -2.27. The largest absolute Gasteiger partial charge is 0.441 e. The summed E-state index contributed by atoms with van der Waals surface area (Å²) in [6.07, 6.45) is 0. The molecule has 0 saturated heterocycles. The lowest BCUT2D eigenvalue weighted by atomic mass is 10.2. The van der Waals surface area contributed by atoms with Crippen molar-refractivity contribution < 1.29 is 17.2 Å². The molecular weight excluding hydrogens is 379 g/mol. The summed E-state index contributed by atoms with van der Waals surface area (Å²) in [6, 6.07) is 11.7. The standard InChI is InChI=1S/C18H16ClFN2O3S/c1-12-17(21-18(25-12)13-4-3-5-14(19)10-13)11-22(2)26(23,24)16-8-6-15(20)7-9-16/h3-10H,11H2,1-2H3. The zero-order valence-electron chi connectivity index (χ0n) is 14.1. The Bertz CT molecular complexity index is 1030. The molecule has 8 heteroatoms. The monoisotopic (exact) mass is 394 g/mol. The fraction of sp³-hybridized carbons (Fsp3) is 0.167. The van der Waals surface area contributed by atoms with E-state index in [-0.39, 0.29) is 11.4 Å². The molecule has 1 aromatic heterocycles. The highest BCUT2D eigenvalue weighted by Gasteiger charge is 2.23. The van der Waals surface area contributed by atoms with Gasteiger partial charge in [-0.2, -0.15) is 4.31 Å². The molecule has 0 N–H and O–H groups in total. The van der Waals surface area contributed by atoms with Gasteiger partial charge in [0.15, 0.2) is 0 Å². The predicted molar refractivity (Wildman–Crippen MR) is 96.7 cm³/mol. The average Bonchev–Trinajstić information content (AvgIpc) is 2.96. The van der Waals surface area contributed by atoms with Gasteiger partial charge in [-0.25, -0.2) is 17.8 Å². The summed E-state index contributed by atoms with van der Waals surface area (Å²) in [5.41, 5.74) is 1.20. The van der Waals surface area contributed by atoms with E-state index < -0.39 is 15.8 Å². The molecule has 0 fully saturated rings. The normalized spacial score (nSPS) is 11.9. The second-order valence-corrected chi connectivity index (χ2v) is 8.23. The van der Waals surface area contributed by atoms with E-state index in [1.165, 1.54) is 19.2 Å². The molecule has 0 spiro atoms. The van der Waals surface area contributed by atoms with Crippen LogP contribution >= 0.6 is 11.6 Å². The first-order chi connectivity index (χ1) is 12.3. The van der Waals surface area contributed by atoms with Gasteiger partial charge in [-0.3, -0.25) is 0 Å². The SMILES string of the molecule is Cc1oc(-c2cccc(Cl)c2)nc1CN(C)S(=O)(=O)c1ccc(F)cc1. The fourth-order valence-electron chi connectivity index (χ4n) is 2.40. The van der Waals surface area contributed by atoms with Crippen molar-refractivity contribution >= 4 is 21.6 Å². The minimum atomic E-state index is -3.77. The molecule has 0 radical (unpaired) electrons. The number of hydrogen-bond donors (Lipinski definition) is 0. The molecule has 0 unspecified atom stereocenters. The topological polar surface area (TPSA) is 63.4 Å². The summed E-state index contributed by atoms with van der Waals surface area (Å²) in [5, 5.41) is 0.552. The Hall–Kier alpha value is -2.22. The summed E-state index contributed by atoms with van der Waals surface area (Å²) in [7, 11) is -2.33. The van der Waals surface area contributed by atoms with Crippen LogP contribution in [-0.4, -0.2) is 24.8 Å². The zero-order valence-corrected chi connectivity index (χ0v) is 15.7. The molecular formula is C18H16ClFN2O3S. The Labute approximate surface area is 156 Å². The van der Waals surface area contributed by atoms with Gasteiger partial charge in [0, 0.05) is 17.6 Å². The Morgan fingerprint density at radius 3 is 2.54 bits per heavy atom. The number of nitrogens with zero attached hydrogens (tertiary/aromatic N) is 2. The van der Waals surface area contributed by atoms with Crippen molar-refractivity contribution in [3.05, 3.63) is 70.8 Å². The van der Waals surface area contributed by atoms with E-state index in [1.54, 1.807) is 31.2 Å². The number of aromatic nitrogens is 1. The van der Waals surface area contributed by atoms with Crippen molar-refractivity contribution in [2.45, 2.75) is 18.4 Å². The summed E-state index contributed by atoms with van der Waals surface area (Å²) >= 11 is 5.98. The molecule has 0 aliphatic heterocycles. The summed E-state index contributed by atoms with van der Waals surface area (Å²) in [4.78, 5) is 4.40. The third-order valence-corrected chi connectivity index (χ3v) is 5.91. The Kier molecular flexibility index (Phi) is 5.13. The highest BCUT2D eigenvalue weighted by Crippen LogP contribution is 2.26. The molecule has 0 aliphatic rings. The average molecular weight is 395 g/mol. The lowest BCUT2D eigenvalue weighted by Gasteiger charge is -2.16. The zero-order chi connectivity index (χ0) is 18.9. The van der Waals surface area contributed by atoms with Crippen LogP contribution < -0.4 is 0 Å². The van der Waals surface area contributed by atoms with Crippen LogP contribution in [0, 0.1) is 12.7 Å². The van der Waals surface area contributed by atoms with Crippen LogP contribution in [0.25, 0.3) is 11.5 Å². The smallest absolute Gasteiger partial charge is 0.243 e. The van der Waals surface area contributed by atoms with E-state index in [4.69, 9.17) is 16.0 Å². The second-order valence-electron chi connectivity index (χ2n) is 5.75. The molecule has 0 saturated carbocycles. The Morgan fingerprint density at radius 1 is 1.19 bits per heavy atom. The first kappa shape index (κ1) is 18.6. The maximum absolute atomic E-state index is 13.0. The van der Waals surface area contributed by atoms with Gasteiger partial charge in [0.05, 0.1) is 17.1 Å². The van der Waals surface area contributed by atoms with E-state index in [9.17, 15) is 12.8 Å². The second kappa shape index (κ2) is 7.19. The van der Waals surface area contributed by atoms with E-state index in [1.807, 2.05) is 0 Å². The van der Waals surface area contributed by atoms with Crippen LogP contribution in [0.3, 0.4) is 0 Å². The number of halogens is 2. The molecule has 3 rings (SSSR count). The highest BCUT2D eigenvalue weighted by atomic mass is 35.5. The first-order valence-electron chi connectivity index (χ1n) is 7.71. The summed E-state index contributed by atoms with van der Waals surface area (Å²) in [6.45, 7) is 1.74. The molecule has 3 aromatic rings. The molecule has 0 atom stereocenters. The van der Waals surface area contributed by atoms with Crippen molar-refractivity contribution in [3.63, 3.8) is 0 Å². The van der Waals surface area contributed by atoms with Gasteiger partial charge >= 0.3 is 0 Å². The van der Waals surface area contributed by atoms with Crippen LogP contribution in [0.15, 0.2) is 57.8 Å². The molecule has 2 aromatic carbocycles. The molecule has 0 aliphatic carbocycles. The van der Waals surface area contributed by atoms with Gasteiger partial charge in [0.2, 0.25) is 15.9 Å². The minimum absolute atomic E-state index is 0.0117. The third kappa shape index (κ3) is 3.80. The highest BCUT2D eigenvalue weighted by molar-refractivity contribution is 7.89. The van der Waals surface area contributed by atoms with Crippen molar-refractivity contribution in [3.8, 4) is 11.5 Å². The van der Waals surface area contributed by atoms with Crippen molar-refractivity contribution in [2.75, 3.05) is 7.05 Å². The van der Waals surface area contributed by atoms with Crippen LogP contribution in [-0.2, 0) is 16.6 Å². The lowest BCUT2D eigenvalue weighted by molar-refractivity contribution is 0.457. The van der Waals surface area contributed by atoms with Crippen molar-refractivity contribution in [1.29, 1.82) is 0 Å². The van der Waals surface area contributed by atoms with Gasteiger partial charge in [-0.15, -0.1) is 0 Å². The molecule has 136 valence electrons. The predicted octanol–water partition coefficient (Wildman–Crippen LogP) is 4.26. The van der Waals surface area contributed by atoms with E-state index >= 15 is 0 Å². The Balaban J connectivity index is 1.85. The van der Waals surface area contributed by atoms with Crippen LogP contribution in [0.4, 0.5) is 4.39 Å². The number of oxazole rings is 1. The van der Waals surface area contributed by atoms with Crippen LogP contribution in [0.5, 0.6) is 0 Å². The number of rotatable bonds is 5. The van der Waals surface area contributed by atoms with Crippen molar-refractivity contribution in [1.82, 2.24) is 9.29 Å². The maximum Gasteiger partial charge on any atom is 0.243 e. The molecule has 0 amide bonds. The van der Waals surface area contributed by atoms with Crippen LogP contribution in [0.2, 0.25) is 5.02 Å². The van der Waals surface area contributed by atoms with Crippen molar-refractivity contribution in [2.24, 2.45) is 0 Å². The molecule has 0 bridgehead atoms. The summed E-state index contributed by atoms with van der Waals surface area (Å²) < 4.78 is 45.0. The number of hydrogen-bond acceptors (Lipinski definition) is 4. The Morgan fingerprint density at radius 2 is 1.88 bits per heavy atom. The van der Waals surface area contributed by atoms with E-state index in [0.29, 0.717) is 27.9 Å². The maximum atomic E-state index is 13.0. The van der Waals surface area contributed by atoms with Gasteiger partial charge < -0.3 is 4.42 Å². The van der Waals surface area contributed by atoms with Gasteiger partial charge in [0.1, 0.15) is 11.6 Å². The van der Waals surface area contributed by atoms with E-state index in [2.05, 4.69) is 4.98 Å². The third-order valence-electron chi connectivity index (χ3n) is 3.86. The fourth-order valence-corrected chi connectivity index (χ4v) is 3.72. The van der Waals surface area contributed by atoms with Gasteiger partial charge in [-0.1, -0.05) is 17.7 Å². The summed E-state index contributed by atoms with van der Waals surface area (Å²) in [5.74, 6) is 0.388. The first-order valence-corrected chi connectivity index (χ1v) is 9.53. The quantitative estimate of drug-likeness (QED) is 0.648. The molecule has 26 heavy (non-hydrogen) atoms. The molecule has 1 heterocycles. The minimum Gasteiger partial charge on any atom is -0.441 e. The number of aryl methyl sites for hydroxylation is 1. The number of benzene rings is 2. The van der Waals surface area contributed by atoms with E-state index in [0.717, 1.165) is 16.4 Å². The van der Waals surface area contributed by atoms with Gasteiger partial charge in [-0.05, 0) is 49.4 Å². The molecule has 5 nitrogen and oxygen atoms in total. The van der Waals surface area contributed by atoms with Crippen LogP contribution in [0.1, 0.15) is 11.5 Å².